The molecule has 0 heterocycles. The van der Waals surface area contributed by atoms with Gasteiger partial charge >= 0.3 is 0 Å². The van der Waals surface area contributed by atoms with E-state index in [0.29, 0.717) is 23.9 Å². The molecule has 1 aromatic carbocycles. The molecule has 0 bridgehead atoms. The fraction of sp³-hybridized carbons (Fsp3) is 0.704. The molecule has 4 rings (SSSR count). The molecule has 6 heteroatoms. The summed E-state index contributed by atoms with van der Waals surface area (Å²) in [6.45, 7) is 23.2. The Morgan fingerprint density at radius 3 is 2.09 bits per heavy atom. The maximum atomic E-state index is 6.90. The predicted octanol–water partition coefficient (Wildman–Crippen LogP) is 7.93. The second kappa shape index (κ2) is 8.39. The van der Waals surface area contributed by atoms with Crippen LogP contribution >= 0.6 is 0 Å². The molecule has 0 N–H and O–H groups in total. The van der Waals surface area contributed by atoms with E-state index in [2.05, 4.69) is 90.1 Å². The zero-order valence-electron chi connectivity index (χ0n) is 22.7. The minimum Gasteiger partial charge on any atom is -0.547 e. The Kier molecular flexibility index (Phi) is 6.42. The average molecular weight is 503 g/mol. The van der Waals surface area contributed by atoms with Crippen molar-refractivity contribution in [3.05, 3.63) is 41.2 Å². The molecule has 0 saturated heterocycles. The highest BCUT2D eigenvalue weighted by Gasteiger charge is 2.56. The van der Waals surface area contributed by atoms with Crippen LogP contribution in [0.5, 0.6) is 5.75 Å². The largest absolute Gasteiger partial charge is 0.547 e. The third kappa shape index (κ3) is 5.39. The van der Waals surface area contributed by atoms with Crippen molar-refractivity contribution in [2.45, 2.75) is 104 Å². The van der Waals surface area contributed by atoms with Crippen LogP contribution in [0.15, 0.2) is 30.0 Å². The summed E-state index contributed by atoms with van der Waals surface area (Å²) in [4.78, 5) is 0. The lowest BCUT2D eigenvalue weighted by Crippen LogP contribution is -2.47. The van der Waals surface area contributed by atoms with E-state index in [1.54, 1.807) is 0 Å². The van der Waals surface area contributed by atoms with Crippen molar-refractivity contribution in [2.24, 2.45) is 17.3 Å². The van der Waals surface area contributed by atoms with Crippen molar-refractivity contribution >= 4 is 25.0 Å². The van der Waals surface area contributed by atoms with Gasteiger partial charge in [-0.25, -0.2) is 0 Å². The first-order chi connectivity index (χ1) is 15.1. The van der Waals surface area contributed by atoms with Gasteiger partial charge in [0, 0.05) is 11.3 Å². The monoisotopic (exact) mass is 502 g/mol. The number of aryl methyl sites for hydroxylation is 1. The minimum absolute atomic E-state index is 0.0782. The van der Waals surface area contributed by atoms with Crippen LogP contribution in [-0.4, -0.2) is 31.1 Å². The lowest BCUT2D eigenvalue weighted by atomic mass is 9.58. The molecule has 0 amide bonds. The van der Waals surface area contributed by atoms with Gasteiger partial charge in [-0.1, -0.05) is 13.0 Å². The van der Waals surface area contributed by atoms with E-state index in [9.17, 15) is 0 Å². The summed E-state index contributed by atoms with van der Waals surface area (Å²) in [6, 6.07) is 6.90. The number of fused-ring (bicyclic) bond motifs is 5. The molecular formula is C27H46O3Si3. The maximum absolute atomic E-state index is 6.90. The van der Waals surface area contributed by atoms with Crippen LogP contribution in [0.3, 0.4) is 0 Å². The van der Waals surface area contributed by atoms with E-state index in [4.69, 9.17) is 13.3 Å². The van der Waals surface area contributed by atoms with Gasteiger partial charge in [-0.3, -0.25) is 0 Å². The first-order valence-corrected chi connectivity index (χ1v) is 23.2. The van der Waals surface area contributed by atoms with Crippen LogP contribution in [0, 0.1) is 17.3 Å². The summed E-state index contributed by atoms with van der Waals surface area (Å²) in [6.07, 6.45) is 7.70. The normalized spacial score (nSPS) is 31.9. The zero-order chi connectivity index (χ0) is 24.4. The van der Waals surface area contributed by atoms with Crippen molar-refractivity contribution in [3.63, 3.8) is 0 Å². The molecule has 3 aliphatic rings. The molecule has 0 aromatic heterocycles. The summed E-state index contributed by atoms with van der Waals surface area (Å²) < 4.78 is 20.0. The molecule has 1 fully saturated rings. The fourth-order valence-corrected chi connectivity index (χ4v) is 9.51. The molecule has 5 atom stereocenters. The van der Waals surface area contributed by atoms with Gasteiger partial charge in [0.2, 0.25) is 16.6 Å². The van der Waals surface area contributed by atoms with E-state index in [0.717, 1.165) is 12.2 Å². The van der Waals surface area contributed by atoms with Gasteiger partial charge < -0.3 is 13.3 Å². The summed E-state index contributed by atoms with van der Waals surface area (Å²) in [5.41, 5.74) is 3.03. The van der Waals surface area contributed by atoms with E-state index in [-0.39, 0.29) is 5.41 Å². The quantitative estimate of drug-likeness (QED) is 0.370. The summed E-state index contributed by atoms with van der Waals surface area (Å²) in [5, 5.41) is 0. The van der Waals surface area contributed by atoms with E-state index >= 15 is 0 Å². The van der Waals surface area contributed by atoms with Crippen LogP contribution in [0.2, 0.25) is 58.9 Å². The lowest BCUT2D eigenvalue weighted by molar-refractivity contribution is 0.0441. The Morgan fingerprint density at radius 1 is 0.818 bits per heavy atom. The average Bonchev–Trinajstić information content (AvgIpc) is 2.93. The van der Waals surface area contributed by atoms with Crippen molar-refractivity contribution in [2.75, 3.05) is 0 Å². The van der Waals surface area contributed by atoms with Crippen LogP contribution in [0.1, 0.15) is 43.2 Å². The number of benzene rings is 1. The molecule has 1 saturated carbocycles. The number of hydrogen-bond acceptors (Lipinski definition) is 3. The number of allylic oxidation sites excluding steroid dienone is 1. The van der Waals surface area contributed by atoms with Gasteiger partial charge in [0.05, 0.1) is 11.9 Å². The standard InChI is InChI=1S/C27H46O3Si3/c1-27-18-24(29-32(5,6)7)26-21-14-12-20(28-31(2,3)4)17-19(21)11-13-22(26)23(27)15-16-25(27)30-33(8,9)10/h12,14,17-18,22-23,25-26H,11,13,15-16H2,1-10H3/t22?,23?,25-,26?,27-/m0/s1. The second-order valence-corrected chi connectivity index (χ2v) is 27.1. The third-order valence-electron chi connectivity index (χ3n) is 7.48. The Bertz CT molecular complexity index is 922. The van der Waals surface area contributed by atoms with Crippen LogP contribution in [0.4, 0.5) is 0 Å². The first kappa shape index (κ1) is 25.3. The van der Waals surface area contributed by atoms with Crippen LogP contribution < -0.4 is 4.43 Å². The molecule has 0 radical (unpaired) electrons. The van der Waals surface area contributed by atoms with Gasteiger partial charge in [0.25, 0.3) is 0 Å². The van der Waals surface area contributed by atoms with Crippen molar-refractivity contribution < 1.29 is 13.3 Å². The molecule has 0 spiro atoms. The highest BCUT2D eigenvalue weighted by molar-refractivity contribution is 6.70. The Hall–Kier alpha value is -0.829. The molecule has 184 valence electrons. The Balaban J connectivity index is 1.76. The minimum atomic E-state index is -1.75. The summed E-state index contributed by atoms with van der Waals surface area (Å²) in [5.74, 6) is 3.98. The van der Waals surface area contributed by atoms with Crippen LogP contribution in [-0.2, 0) is 15.3 Å². The van der Waals surface area contributed by atoms with Crippen molar-refractivity contribution in [3.8, 4) is 5.75 Å². The van der Waals surface area contributed by atoms with Gasteiger partial charge in [-0.15, -0.1) is 0 Å². The van der Waals surface area contributed by atoms with Crippen molar-refractivity contribution in [1.29, 1.82) is 0 Å². The lowest BCUT2D eigenvalue weighted by Gasteiger charge is -2.50. The van der Waals surface area contributed by atoms with Gasteiger partial charge in [-0.05, 0) is 126 Å². The second-order valence-electron chi connectivity index (χ2n) is 13.8. The molecule has 33 heavy (non-hydrogen) atoms. The molecular weight excluding hydrogens is 457 g/mol. The molecule has 3 nitrogen and oxygen atoms in total. The fourth-order valence-electron chi connectivity index (χ4n) is 6.56. The number of hydrogen-bond donors (Lipinski definition) is 0. The van der Waals surface area contributed by atoms with Crippen LogP contribution in [0.25, 0.3) is 0 Å². The summed E-state index contributed by atoms with van der Waals surface area (Å²) >= 11 is 0. The highest BCUT2D eigenvalue weighted by Crippen LogP contribution is 2.61. The van der Waals surface area contributed by atoms with Gasteiger partial charge in [0.1, 0.15) is 5.75 Å². The Labute approximate surface area is 205 Å². The zero-order valence-corrected chi connectivity index (χ0v) is 25.7. The summed E-state index contributed by atoms with van der Waals surface area (Å²) in [7, 11) is -4.98. The van der Waals surface area contributed by atoms with Gasteiger partial charge in [-0.2, -0.15) is 0 Å². The molecule has 3 aliphatic carbocycles. The maximum Gasteiger partial charge on any atom is 0.242 e. The predicted molar refractivity (Wildman–Crippen MR) is 147 cm³/mol. The van der Waals surface area contributed by atoms with E-state index < -0.39 is 25.0 Å². The van der Waals surface area contributed by atoms with E-state index in [1.165, 1.54) is 36.1 Å². The first-order valence-electron chi connectivity index (χ1n) is 13.0. The van der Waals surface area contributed by atoms with Gasteiger partial charge in [0.15, 0.2) is 8.32 Å². The smallest absolute Gasteiger partial charge is 0.242 e. The number of rotatable bonds is 6. The molecule has 1 aromatic rings. The third-order valence-corrected chi connectivity index (χ3v) is 10.2. The van der Waals surface area contributed by atoms with E-state index in [1.807, 2.05) is 0 Å². The SMILES string of the molecule is C[C@]12C=C(O[Si](C)(C)C)C3c4ccc(O[Si](C)(C)C)cc4CCC3C1CC[C@@H]2O[Si](C)(C)C. The molecule has 0 aliphatic heterocycles. The highest BCUT2D eigenvalue weighted by atomic mass is 28.4. The van der Waals surface area contributed by atoms with Crippen molar-refractivity contribution in [1.82, 2.24) is 0 Å². The Morgan fingerprint density at radius 2 is 1.48 bits per heavy atom. The molecule has 3 unspecified atom stereocenters. The topological polar surface area (TPSA) is 27.7 Å².